The molecule has 7 nitrogen and oxygen atoms in total. The minimum Gasteiger partial charge on any atom is -0.425 e. The number of nitrogens with zero attached hydrogens (tertiary/aromatic N) is 1. The first kappa shape index (κ1) is 19.2. The number of halogens is 3. The van der Waals surface area contributed by atoms with E-state index in [0.717, 1.165) is 30.3 Å². The summed E-state index contributed by atoms with van der Waals surface area (Å²) in [5.41, 5.74) is -1.59. The number of carbonyl (C=O) groups excluding carboxylic acids is 2. The van der Waals surface area contributed by atoms with Gasteiger partial charge in [-0.3, -0.25) is 9.59 Å². The minimum atomic E-state index is -4.50. The van der Waals surface area contributed by atoms with Gasteiger partial charge in [-0.1, -0.05) is 0 Å². The van der Waals surface area contributed by atoms with Gasteiger partial charge in [-0.05, 0) is 38.1 Å². The van der Waals surface area contributed by atoms with Gasteiger partial charge in [0.25, 0.3) is 11.5 Å². The molecule has 0 aliphatic heterocycles. The molecule has 2 N–H and O–H groups in total. The van der Waals surface area contributed by atoms with Gasteiger partial charge >= 0.3 is 12.1 Å². The SMILES string of the molecule is Cc1nc(C(=O)NC(C)C(=O)Oc2ccc(C(F)(F)F)cc2)cc(=O)[nH]1. The lowest BCUT2D eigenvalue weighted by atomic mass is 10.2. The molecule has 0 aliphatic carbocycles. The normalized spacial score (nSPS) is 12.3. The molecule has 0 saturated carbocycles. The summed E-state index contributed by atoms with van der Waals surface area (Å²) in [6.07, 6.45) is -4.50. The fourth-order valence-electron chi connectivity index (χ4n) is 1.94. The van der Waals surface area contributed by atoms with E-state index in [2.05, 4.69) is 15.3 Å². The van der Waals surface area contributed by atoms with Gasteiger partial charge in [0, 0.05) is 6.07 Å². The highest BCUT2D eigenvalue weighted by atomic mass is 19.4. The molecule has 1 unspecified atom stereocenters. The lowest BCUT2D eigenvalue weighted by molar-refractivity contribution is -0.137. The molecule has 10 heteroatoms. The number of rotatable bonds is 4. The highest BCUT2D eigenvalue weighted by molar-refractivity contribution is 5.95. The van der Waals surface area contributed by atoms with Crippen molar-refractivity contribution < 1.29 is 27.5 Å². The standard InChI is InChI=1S/C16H14F3N3O4/c1-8(20-14(24)12-7-13(23)22-9(2)21-12)15(25)26-11-5-3-10(4-6-11)16(17,18)19/h3-8H,1-2H3,(H,20,24)(H,21,22,23). The maximum absolute atomic E-state index is 12.5. The fourth-order valence-corrected chi connectivity index (χ4v) is 1.94. The maximum atomic E-state index is 12.5. The van der Waals surface area contributed by atoms with Crippen LogP contribution in [0.3, 0.4) is 0 Å². The van der Waals surface area contributed by atoms with Crippen molar-refractivity contribution in [3.63, 3.8) is 0 Å². The van der Waals surface area contributed by atoms with Crippen molar-refractivity contribution in [1.82, 2.24) is 15.3 Å². The first-order chi connectivity index (χ1) is 12.1. The zero-order chi connectivity index (χ0) is 19.5. The Morgan fingerprint density at radius 3 is 2.38 bits per heavy atom. The van der Waals surface area contributed by atoms with E-state index in [9.17, 15) is 27.6 Å². The van der Waals surface area contributed by atoms with Crippen LogP contribution in [0.4, 0.5) is 13.2 Å². The van der Waals surface area contributed by atoms with E-state index in [4.69, 9.17) is 4.74 Å². The minimum absolute atomic E-state index is 0.103. The molecule has 0 saturated heterocycles. The Bertz CT molecular complexity index is 876. The Balaban J connectivity index is 2.01. The first-order valence-corrected chi connectivity index (χ1v) is 7.34. The van der Waals surface area contributed by atoms with Crippen molar-refractivity contribution in [3.05, 3.63) is 57.8 Å². The number of hydrogen-bond donors (Lipinski definition) is 2. The number of H-pyrrole nitrogens is 1. The number of nitrogens with one attached hydrogen (secondary N) is 2. The van der Waals surface area contributed by atoms with Crippen LogP contribution in [0, 0.1) is 6.92 Å². The average Bonchev–Trinajstić information content (AvgIpc) is 2.53. The van der Waals surface area contributed by atoms with Gasteiger partial charge in [-0.2, -0.15) is 13.2 Å². The Morgan fingerprint density at radius 1 is 1.23 bits per heavy atom. The monoisotopic (exact) mass is 369 g/mol. The summed E-state index contributed by atoms with van der Waals surface area (Å²) in [4.78, 5) is 41.5. The van der Waals surface area contributed by atoms with E-state index in [1.807, 2.05) is 0 Å². The van der Waals surface area contributed by atoms with Crippen LogP contribution in [-0.4, -0.2) is 27.9 Å². The lowest BCUT2D eigenvalue weighted by Gasteiger charge is -2.13. The van der Waals surface area contributed by atoms with Crippen molar-refractivity contribution in [2.45, 2.75) is 26.1 Å². The van der Waals surface area contributed by atoms with Crippen LogP contribution in [0.25, 0.3) is 0 Å². The van der Waals surface area contributed by atoms with Crippen molar-refractivity contribution in [1.29, 1.82) is 0 Å². The smallest absolute Gasteiger partial charge is 0.416 e. The molecule has 0 bridgehead atoms. The molecule has 1 aromatic carbocycles. The van der Waals surface area contributed by atoms with Gasteiger partial charge in [0.1, 0.15) is 23.3 Å². The van der Waals surface area contributed by atoms with Gasteiger partial charge in [0.2, 0.25) is 0 Å². The highest BCUT2D eigenvalue weighted by Gasteiger charge is 2.30. The third-order valence-corrected chi connectivity index (χ3v) is 3.19. The van der Waals surface area contributed by atoms with Gasteiger partial charge in [-0.25, -0.2) is 9.78 Å². The summed E-state index contributed by atoms with van der Waals surface area (Å²) in [5.74, 6) is -1.53. The van der Waals surface area contributed by atoms with Gasteiger partial charge in [-0.15, -0.1) is 0 Å². The quantitative estimate of drug-likeness (QED) is 0.632. The zero-order valence-electron chi connectivity index (χ0n) is 13.7. The summed E-state index contributed by atoms with van der Waals surface area (Å²) in [6.45, 7) is 2.81. The predicted octanol–water partition coefficient (Wildman–Crippen LogP) is 1.82. The molecule has 26 heavy (non-hydrogen) atoms. The lowest BCUT2D eigenvalue weighted by Crippen LogP contribution is -2.41. The summed E-state index contributed by atoms with van der Waals surface area (Å²) in [5, 5.41) is 2.30. The Kier molecular flexibility index (Phi) is 5.44. The van der Waals surface area contributed by atoms with E-state index >= 15 is 0 Å². The van der Waals surface area contributed by atoms with E-state index in [1.165, 1.54) is 13.8 Å². The second kappa shape index (κ2) is 7.38. The number of aryl methyl sites for hydroxylation is 1. The number of alkyl halides is 3. The van der Waals surface area contributed by atoms with E-state index < -0.39 is 35.2 Å². The molecule has 0 radical (unpaired) electrons. The number of hydrogen-bond acceptors (Lipinski definition) is 5. The Labute approximate surface area is 145 Å². The highest BCUT2D eigenvalue weighted by Crippen LogP contribution is 2.30. The van der Waals surface area contributed by atoms with Gasteiger partial charge < -0.3 is 15.0 Å². The molecule has 0 aliphatic rings. The molecule has 1 amide bonds. The molecule has 2 aromatic rings. The summed E-state index contributed by atoms with van der Waals surface area (Å²) in [6, 6.07) is 3.39. The third kappa shape index (κ3) is 4.91. The number of aromatic amines is 1. The number of benzene rings is 1. The number of esters is 1. The topological polar surface area (TPSA) is 101 Å². The summed E-state index contributed by atoms with van der Waals surface area (Å²) < 4.78 is 42.4. The van der Waals surface area contributed by atoms with Crippen LogP contribution in [0.15, 0.2) is 35.1 Å². The zero-order valence-corrected chi connectivity index (χ0v) is 13.7. The molecule has 1 heterocycles. The summed E-state index contributed by atoms with van der Waals surface area (Å²) >= 11 is 0. The van der Waals surface area contributed by atoms with E-state index in [0.29, 0.717) is 0 Å². The Hall–Kier alpha value is -3.17. The molecule has 0 fully saturated rings. The van der Waals surface area contributed by atoms with Crippen molar-refractivity contribution in [2.75, 3.05) is 0 Å². The summed E-state index contributed by atoms with van der Waals surface area (Å²) in [7, 11) is 0. The van der Waals surface area contributed by atoms with Crippen LogP contribution in [0.2, 0.25) is 0 Å². The first-order valence-electron chi connectivity index (χ1n) is 7.34. The number of ether oxygens (including phenoxy) is 1. The van der Waals surface area contributed by atoms with Gasteiger partial charge in [0.15, 0.2) is 0 Å². The molecular weight excluding hydrogens is 355 g/mol. The second-order valence-corrected chi connectivity index (χ2v) is 5.35. The predicted molar refractivity (Wildman–Crippen MR) is 83.6 cm³/mol. The van der Waals surface area contributed by atoms with Crippen LogP contribution in [-0.2, 0) is 11.0 Å². The van der Waals surface area contributed by atoms with Crippen LogP contribution in [0.1, 0.15) is 28.8 Å². The van der Waals surface area contributed by atoms with Crippen LogP contribution >= 0.6 is 0 Å². The average molecular weight is 369 g/mol. The molecule has 1 atom stereocenters. The van der Waals surface area contributed by atoms with Crippen molar-refractivity contribution in [2.24, 2.45) is 0 Å². The number of aromatic nitrogens is 2. The molecule has 1 aromatic heterocycles. The third-order valence-electron chi connectivity index (χ3n) is 3.19. The van der Waals surface area contributed by atoms with E-state index in [-0.39, 0.29) is 17.3 Å². The number of amides is 1. The molecular formula is C16H14F3N3O4. The van der Waals surface area contributed by atoms with Crippen LogP contribution in [0.5, 0.6) is 5.75 Å². The van der Waals surface area contributed by atoms with Crippen LogP contribution < -0.4 is 15.6 Å². The second-order valence-electron chi connectivity index (χ2n) is 5.35. The number of carbonyl (C=O) groups is 2. The van der Waals surface area contributed by atoms with Crippen molar-refractivity contribution >= 4 is 11.9 Å². The molecule has 2 rings (SSSR count). The molecule has 0 spiro atoms. The largest absolute Gasteiger partial charge is 0.425 e. The Morgan fingerprint density at radius 2 is 1.85 bits per heavy atom. The van der Waals surface area contributed by atoms with Gasteiger partial charge in [0.05, 0.1) is 5.56 Å². The maximum Gasteiger partial charge on any atom is 0.416 e. The van der Waals surface area contributed by atoms with Crippen molar-refractivity contribution in [3.8, 4) is 5.75 Å². The van der Waals surface area contributed by atoms with E-state index in [1.54, 1.807) is 0 Å². The fraction of sp³-hybridized carbons (Fsp3) is 0.250. The molecule has 138 valence electrons.